The van der Waals surface area contributed by atoms with Crippen LogP contribution in [0.4, 0.5) is 0 Å². The summed E-state index contributed by atoms with van der Waals surface area (Å²) in [6.07, 6.45) is 0. The van der Waals surface area contributed by atoms with Gasteiger partial charge in [0.15, 0.2) is 11.5 Å². The smallest absolute Gasteiger partial charge is 0.234 e. The van der Waals surface area contributed by atoms with Crippen molar-refractivity contribution in [2.45, 2.75) is 26.4 Å². The average Bonchev–Trinajstić information content (AvgIpc) is 3.01. The minimum atomic E-state index is 0.0212. The molecule has 0 saturated carbocycles. The van der Waals surface area contributed by atoms with Crippen molar-refractivity contribution in [2.24, 2.45) is 0 Å². The number of ether oxygens (including phenoxy) is 2. The first kappa shape index (κ1) is 19.2. The van der Waals surface area contributed by atoms with Gasteiger partial charge in [0.2, 0.25) is 5.91 Å². The van der Waals surface area contributed by atoms with Crippen molar-refractivity contribution >= 4 is 17.2 Å². The van der Waals surface area contributed by atoms with Gasteiger partial charge in [0.05, 0.1) is 26.5 Å². The van der Waals surface area contributed by atoms with Crippen molar-refractivity contribution in [3.8, 4) is 22.1 Å². The number of nitrogens with zero attached hydrogens (tertiary/aromatic N) is 2. The summed E-state index contributed by atoms with van der Waals surface area (Å²) < 4.78 is 10.6. The predicted molar refractivity (Wildman–Crippen MR) is 100 cm³/mol. The van der Waals surface area contributed by atoms with Crippen molar-refractivity contribution < 1.29 is 14.3 Å². The fourth-order valence-corrected chi connectivity index (χ4v) is 3.23. The fourth-order valence-electron chi connectivity index (χ4n) is 2.43. The zero-order chi connectivity index (χ0) is 18.4. The molecule has 1 N–H and O–H groups in total. The van der Waals surface area contributed by atoms with Gasteiger partial charge in [-0.25, -0.2) is 4.98 Å². The first-order chi connectivity index (χ1) is 11.9. The Labute approximate surface area is 152 Å². The normalized spacial score (nSPS) is 11.0. The molecule has 0 aliphatic rings. The lowest BCUT2D eigenvalue weighted by Gasteiger charge is -2.16. The van der Waals surface area contributed by atoms with E-state index in [0.29, 0.717) is 24.6 Å². The van der Waals surface area contributed by atoms with E-state index in [2.05, 4.69) is 10.3 Å². The molecule has 6 nitrogen and oxygen atoms in total. The lowest BCUT2D eigenvalue weighted by molar-refractivity contribution is -0.122. The molecule has 0 saturated heterocycles. The maximum atomic E-state index is 11.8. The molecule has 25 heavy (non-hydrogen) atoms. The van der Waals surface area contributed by atoms with Gasteiger partial charge >= 0.3 is 0 Å². The van der Waals surface area contributed by atoms with Crippen LogP contribution >= 0.6 is 11.3 Å². The average molecular weight is 363 g/mol. The second-order valence-electron chi connectivity index (χ2n) is 6.11. The van der Waals surface area contributed by atoms with E-state index in [1.165, 1.54) is 0 Å². The summed E-state index contributed by atoms with van der Waals surface area (Å²) in [6, 6.07) is 5.90. The number of benzene rings is 1. The molecule has 0 unspecified atom stereocenters. The lowest BCUT2D eigenvalue weighted by atomic mass is 10.2. The molecule has 0 aliphatic heterocycles. The molecule has 1 amide bonds. The van der Waals surface area contributed by atoms with Crippen molar-refractivity contribution in [1.29, 1.82) is 0 Å². The number of methoxy groups -OCH3 is 2. The Balaban J connectivity index is 2.03. The fraction of sp³-hybridized carbons (Fsp3) is 0.444. The van der Waals surface area contributed by atoms with Crippen molar-refractivity contribution in [1.82, 2.24) is 15.2 Å². The van der Waals surface area contributed by atoms with Crippen molar-refractivity contribution in [3.63, 3.8) is 0 Å². The van der Waals surface area contributed by atoms with Crippen LogP contribution in [0.1, 0.15) is 19.5 Å². The zero-order valence-corrected chi connectivity index (χ0v) is 16.1. The van der Waals surface area contributed by atoms with Gasteiger partial charge in [-0.15, -0.1) is 11.3 Å². The molecule has 0 radical (unpaired) electrons. The number of amides is 1. The van der Waals surface area contributed by atoms with E-state index in [-0.39, 0.29) is 11.9 Å². The number of hydrogen-bond donors (Lipinski definition) is 1. The number of carbonyl (C=O) groups is 1. The molecule has 2 aromatic rings. The number of aromatic nitrogens is 1. The molecule has 2 rings (SSSR count). The second kappa shape index (κ2) is 8.82. The van der Waals surface area contributed by atoms with Gasteiger partial charge < -0.3 is 14.8 Å². The summed E-state index contributed by atoms with van der Waals surface area (Å²) in [6.45, 7) is 4.87. The highest BCUT2D eigenvalue weighted by molar-refractivity contribution is 7.13. The van der Waals surface area contributed by atoms with E-state index in [1.54, 1.807) is 25.6 Å². The molecule has 0 bridgehead atoms. The largest absolute Gasteiger partial charge is 0.493 e. The topological polar surface area (TPSA) is 63.7 Å². The van der Waals surface area contributed by atoms with Gasteiger partial charge in [0, 0.05) is 23.5 Å². The Bertz CT molecular complexity index is 715. The monoisotopic (exact) mass is 363 g/mol. The minimum absolute atomic E-state index is 0.0212. The van der Waals surface area contributed by atoms with Crippen LogP contribution in [-0.4, -0.2) is 49.6 Å². The number of nitrogens with one attached hydrogen (secondary N) is 1. The maximum Gasteiger partial charge on any atom is 0.234 e. The van der Waals surface area contributed by atoms with Gasteiger partial charge in [-0.3, -0.25) is 9.69 Å². The highest BCUT2D eigenvalue weighted by atomic mass is 32.1. The van der Waals surface area contributed by atoms with Gasteiger partial charge in [0.1, 0.15) is 5.01 Å². The minimum Gasteiger partial charge on any atom is -0.493 e. The Morgan fingerprint density at radius 1 is 1.28 bits per heavy atom. The summed E-state index contributed by atoms with van der Waals surface area (Å²) in [5.41, 5.74) is 1.92. The molecule has 0 fully saturated rings. The second-order valence-corrected chi connectivity index (χ2v) is 6.97. The van der Waals surface area contributed by atoms with Crippen LogP contribution in [0.3, 0.4) is 0 Å². The van der Waals surface area contributed by atoms with Crippen molar-refractivity contribution in [2.75, 3.05) is 27.8 Å². The highest BCUT2D eigenvalue weighted by Gasteiger charge is 2.12. The SMILES string of the molecule is COc1ccc(-c2nc(CN(C)CC(=O)NC(C)C)cs2)cc1OC. The van der Waals surface area contributed by atoms with E-state index >= 15 is 0 Å². The Morgan fingerprint density at radius 3 is 2.64 bits per heavy atom. The maximum absolute atomic E-state index is 11.8. The molecule has 0 aliphatic carbocycles. The van der Waals surface area contributed by atoms with E-state index in [4.69, 9.17) is 9.47 Å². The zero-order valence-electron chi connectivity index (χ0n) is 15.3. The molecule has 7 heteroatoms. The van der Waals surface area contributed by atoms with Crippen LogP contribution in [-0.2, 0) is 11.3 Å². The number of rotatable bonds is 8. The summed E-state index contributed by atoms with van der Waals surface area (Å²) in [4.78, 5) is 18.4. The molecule has 1 aromatic carbocycles. The van der Waals surface area contributed by atoms with Gasteiger partial charge in [-0.1, -0.05) is 0 Å². The Hall–Kier alpha value is -2.12. The molecule has 136 valence electrons. The quantitative estimate of drug-likeness (QED) is 0.781. The van der Waals surface area contributed by atoms with Crippen LogP contribution in [0.5, 0.6) is 11.5 Å². The first-order valence-corrected chi connectivity index (χ1v) is 8.95. The number of likely N-dealkylation sites (N-methyl/N-ethyl adjacent to an activating group) is 1. The number of carbonyl (C=O) groups excluding carboxylic acids is 1. The Kier molecular flexibility index (Phi) is 6.78. The molecule has 0 spiro atoms. The number of hydrogen-bond acceptors (Lipinski definition) is 6. The number of thiazole rings is 1. The van der Waals surface area contributed by atoms with Crippen LogP contribution in [0.2, 0.25) is 0 Å². The summed E-state index contributed by atoms with van der Waals surface area (Å²) in [5.74, 6) is 1.39. The lowest BCUT2D eigenvalue weighted by Crippen LogP contribution is -2.38. The van der Waals surface area contributed by atoms with E-state index < -0.39 is 0 Å². The van der Waals surface area contributed by atoms with Gasteiger partial charge in [-0.2, -0.15) is 0 Å². The van der Waals surface area contributed by atoms with E-state index in [1.807, 2.05) is 49.4 Å². The summed E-state index contributed by atoms with van der Waals surface area (Å²) in [7, 11) is 5.14. The summed E-state index contributed by atoms with van der Waals surface area (Å²) in [5, 5.41) is 5.82. The first-order valence-electron chi connectivity index (χ1n) is 8.07. The van der Waals surface area contributed by atoms with Crippen molar-refractivity contribution in [3.05, 3.63) is 29.3 Å². The Morgan fingerprint density at radius 2 is 2.00 bits per heavy atom. The van der Waals surface area contributed by atoms with Crippen LogP contribution in [0.15, 0.2) is 23.6 Å². The van der Waals surface area contributed by atoms with E-state index in [0.717, 1.165) is 16.3 Å². The third-order valence-corrected chi connectivity index (χ3v) is 4.42. The molecular weight excluding hydrogens is 338 g/mol. The van der Waals surface area contributed by atoms with Gasteiger partial charge in [0.25, 0.3) is 0 Å². The third kappa shape index (κ3) is 5.44. The van der Waals surface area contributed by atoms with Crippen LogP contribution in [0.25, 0.3) is 10.6 Å². The van der Waals surface area contributed by atoms with Crippen LogP contribution in [0, 0.1) is 0 Å². The molecule has 1 heterocycles. The van der Waals surface area contributed by atoms with E-state index in [9.17, 15) is 4.79 Å². The van der Waals surface area contributed by atoms with Crippen LogP contribution < -0.4 is 14.8 Å². The molecule has 1 aromatic heterocycles. The predicted octanol–water partition coefficient (Wildman–Crippen LogP) is 2.78. The highest BCUT2D eigenvalue weighted by Crippen LogP contribution is 2.33. The summed E-state index contributed by atoms with van der Waals surface area (Å²) >= 11 is 1.57. The third-order valence-electron chi connectivity index (χ3n) is 3.48. The van der Waals surface area contributed by atoms with Gasteiger partial charge in [-0.05, 0) is 39.1 Å². The molecule has 0 atom stereocenters. The standard InChI is InChI=1S/C18H25N3O3S/c1-12(2)19-17(22)10-21(3)9-14-11-25-18(20-14)13-6-7-15(23-4)16(8-13)24-5/h6-8,11-12H,9-10H2,1-5H3,(H,19,22). The molecular formula is C18H25N3O3S.